The summed E-state index contributed by atoms with van der Waals surface area (Å²) in [6.45, 7) is 0. The molecule has 2 heterocycles. The summed E-state index contributed by atoms with van der Waals surface area (Å²) in [5.74, 6) is 0.599. The third kappa shape index (κ3) is 3.44. The Balaban J connectivity index is 1.77. The van der Waals surface area contributed by atoms with Gasteiger partial charge in [0.15, 0.2) is 0 Å². The van der Waals surface area contributed by atoms with Crippen molar-refractivity contribution in [3.8, 4) is 11.3 Å². The molecule has 0 atom stereocenters. The number of benzene rings is 1. The Morgan fingerprint density at radius 3 is 2.74 bits per heavy atom. The molecule has 1 aromatic carbocycles. The number of hydrogen-bond acceptors (Lipinski definition) is 5. The second-order valence-corrected chi connectivity index (χ2v) is 4.64. The van der Waals surface area contributed by atoms with E-state index in [1.165, 1.54) is 12.3 Å². The molecule has 0 aliphatic carbocycles. The highest BCUT2D eigenvalue weighted by Gasteiger charge is 2.13. The van der Waals surface area contributed by atoms with Crippen LogP contribution in [-0.2, 0) is 0 Å². The van der Waals surface area contributed by atoms with Crippen LogP contribution < -0.4 is 5.43 Å². The number of furan rings is 1. The maximum atomic E-state index is 11.2. The van der Waals surface area contributed by atoms with Crippen molar-refractivity contribution in [2.75, 3.05) is 5.43 Å². The Morgan fingerprint density at radius 1 is 1.13 bits per heavy atom. The van der Waals surface area contributed by atoms with Gasteiger partial charge in [-0.1, -0.05) is 24.3 Å². The van der Waals surface area contributed by atoms with Crippen LogP contribution in [0.25, 0.3) is 11.3 Å². The summed E-state index contributed by atoms with van der Waals surface area (Å²) in [4.78, 5) is 15.3. The molecule has 0 bridgehead atoms. The topological polar surface area (TPSA) is 87.7 Å². The first-order valence-electron chi connectivity index (χ1n) is 6.86. The quantitative estimate of drug-likeness (QED) is 0.556. The van der Waals surface area contributed by atoms with Crippen LogP contribution in [0.3, 0.4) is 0 Å². The second kappa shape index (κ2) is 6.57. The van der Waals surface area contributed by atoms with Crippen molar-refractivity contribution in [3.63, 3.8) is 0 Å². The largest absolute Gasteiger partial charge is 0.478 e. The number of carboxylic acids is 1. The number of carboxylic acid groups (broad SMARTS) is 1. The smallest absolute Gasteiger partial charge is 0.336 e. The molecule has 0 amide bonds. The third-order valence-electron chi connectivity index (χ3n) is 3.09. The van der Waals surface area contributed by atoms with Crippen LogP contribution in [-0.4, -0.2) is 22.3 Å². The highest BCUT2D eigenvalue weighted by molar-refractivity contribution is 5.95. The van der Waals surface area contributed by atoms with Gasteiger partial charge < -0.3 is 9.52 Å². The summed E-state index contributed by atoms with van der Waals surface area (Å²) in [6.07, 6.45) is 3.16. The van der Waals surface area contributed by atoms with Crippen molar-refractivity contribution in [2.45, 2.75) is 0 Å². The molecule has 6 heteroatoms. The summed E-state index contributed by atoms with van der Waals surface area (Å²) in [5, 5.41) is 13.2. The summed E-state index contributed by atoms with van der Waals surface area (Å²) in [5.41, 5.74) is 3.49. The van der Waals surface area contributed by atoms with E-state index in [9.17, 15) is 9.90 Å². The number of hydrogen-bond donors (Lipinski definition) is 2. The summed E-state index contributed by atoms with van der Waals surface area (Å²) >= 11 is 0. The maximum absolute atomic E-state index is 11.2. The van der Waals surface area contributed by atoms with E-state index in [2.05, 4.69) is 15.5 Å². The minimum Gasteiger partial charge on any atom is -0.478 e. The number of pyridine rings is 1. The van der Waals surface area contributed by atoms with E-state index < -0.39 is 5.97 Å². The molecule has 0 saturated heterocycles. The summed E-state index contributed by atoms with van der Waals surface area (Å²) in [6, 6.07) is 15.6. The Morgan fingerprint density at radius 2 is 1.96 bits per heavy atom. The first kappa shape index (κ1) is 14.5. The monoisotopic (exact) mass is 307 g/mol. The Labute approximate surface area is 132 Å². The number of aromatic carboxylic acids is 1. The number of nitrogens with zero attached hydrogens (tertiary/aromatic N) is 2. The molecular formula is C17H13N3O3. The lowest BCUT2D eigenvalue weighted by Gasteiger charge is -2.01. The van der Waals surface area contributed by atoms with E-state index in [1.807, 2.05) is 12.1 Å². The van der Waals surface area contributed by atoms with Crippen molar-refractivity contribution in [1.29, 1.82) is 0 Å². The zero-order valence-corrected chi connectivity index (χ0v) is 12.0. The molecule has 3 aromatic rings. The van der Waals surface area contributed by atoms with Crippen molar-refractivity contribution in [2.24, 2.45) is 5.10 Å². The van der Waals surface area contributed by atoms with E-state index in [1.54, 1.807) is 42.6 Å². The van der Waals surface area contributed by atoms with Crippen molar-refractivity contribution >= 4 is 18.0 Å². The molecule has 6 nitrogen and oxygen atoms in total. The van der Waals surface area contributed by atoms with E-state index in [4.69, 9.17) is 4.42 Å². The van der Waals surface area contributed by atoms with Crippen LogP contribution in [0.15, 0.2) is 70.3 Å². The molecule has 0 radical (unpaired) electrons. The molecular weight excluding hydrogens is 294 g/mol. The Hall–Kier alpha value is -3.41. The average Bonchev–Trinajstić information content (AvgIpc) is 3.04. The summed E-state index contributed by atoms with van der Waals surface area (Å²) in [7, 11) is 0. The van der Waals surface area contributed by atoms with E-state index in [0.29, 0.717) is 22.9 Å². The second-order valence-electron chi connectivity index (χ2n) is 4.64. The minimum atomic E-state index is -0.996. The van der Waals surface area contributed by atoms with Gasteiger partial charge >= 0.3 is 5.97 Å². The lowest BCUT2D eigenvalue weighted by molar-refractivity contribution is 0.0697. The molecule has 0 aliphatic rings. The predicted molar refractivity (Wildman–Crippen MR) is 86.6 cm³/mol. The standard InChI is InChI=1S/C17H13N3O3/c21-17(22)14-6-2-1-5-13(14)15-9-8-12(23-15)11-19-20-16-7-3-4-10-18-16/h1-11H,(H,18,20)(H,21,22)/b19-11+. The van der Waals surface area contributed by atoms with Gasteiger partial charge in [0, 0.05) is 11.8 Å². The highest BCUT2D eigenvalue weighted by atomic mass is 16.4. The zero-order valence-electron chi connectivity index (χ0n) is 12.0. The molecule has 3 rings (SSSR count). The fourth-order valence-corrected chi connectivity index (χ4v) is 2.04. The SMILES string of the molecule is O=C(O)c1ccccc1-c1ccc(/C=N/Nc2ccccn2)o1. The first-order valence-corrected chi connectivity index (χ1v) is 6.86. The number of hydrazone groups is 1. The van der Waals surface area contributed by atoms with Gasteiger partial charge in [-0.3, -0.25) is 5.43 Å². The maximum Gasteiger partial charge on any atom is 0.336 e. The molecule has 114 valence electrons. The van der Waals surface area contributed by atoms with Gasteiger partial charge in [0.25, 0.3) is 0 Å². The number of nitrogens with one attached hydrogen (secondary N) is 1. The van der Waals surface area contributed by atoms with Crippen molar-refractivity contribution in [3.05, 3.63) is 72.1 Å². The number of anilines is 1. The summed E-state index contributed by atoms with van der Waals surface area (Å²) < 4.78 is 5.63. The number of carbonyl (C=O) groups is 1. The van der Waals surface area contributed by atoms with Crippen LogP contribution in [0.1, 0.15) is 16.1 Å². The zero-order chi connectivity index (χ0) is 16.1. The van der Waals surface area contributed by atoms with Crippen LogP contribution in [0.5, 0.6) is 0 Å². The Kier molecular flexibility index (Phi) is 4.15. The van der Waals surface area contributed by atoms with Gasteiger partial charge in [-0.25, -0.2) is 9.78 Å². The van der Waals surface area contributed by atoms with Gasteiger partial charge in [-0.2, -0.15) is 5.10 Å². The van der Waals surface area contributed by atoms with Crippen LogP contribution >= 0.6 is 0 Å². The molecule has 0 unspecified atom stereocenters. The highest BCUT2D eigenvalue weighted by Crippen LogP contribution is 2.25. The Bertz CT molecular complexity index is 841. The van der Waals surface area contributed by atoms with Crippen LogP contribution in [0.2, 0.25) is 0 Å². The minimum absolute atomic E-state index is 0.192. The molecule has 2 N–H and O–H groups in total. The van der Waals surface area contributed by atoms with Gasteiger partial charge in [0.1, 0.15) is 17.3 Å². The average molecular weight is 307 g/mol. The fraction of sp³-hybridized carbons (Fsp3) is 0. The van der Waals surface area contributed by atoms with Crippen molar-refractivity contribution in [1.82, 2.24) is 4.98 Å². The predicted octanol–water partition coefficient (Wildman–Crippen LogP) is 3.49. The lowest BCUT2D eigenvalue weighted by atomic mass is 10.1. The van der Waals surface area contributed by atoms with Gasteiger partial charge in [0.05, 0.1) is 11.8 Å². The molecule has 0 fully saturated rings. The van der Waals surface area contributed by atoms with Gasteiger partial charge in [-0.05, 0) is 30.3 Å². The third-order valence-corrected chi connectivity index (χ3v) is 3.09. The van der Waals surface area contributed by atoms with Gasteiger partial charge in [0.2, 0.25) is 0 Å². The molecule has 23 heavy (non-hydrogen) atoms. The lowest BCUT2D eigenvalue weighted by Crippen LogP contribution is -1.98. The van der Waals surface area contributed by atoms with E-state index >= 15 is 0 Å². The number of aromatic nitrogens is 1. The fourth-order valence-electron chi connectivity index (χ4n) is 2.04. The number of rotatable bonds is 5. The molecule has 0 aliphatic heterocycles. The molecule has 0 saturated carbocycles. The molecule has 0 spiro atoms. The van der Waals surface area contributed by atoms with Crippen LogP contribution in [0, 0.1) is 0 Å². The molecule has 2 aromatic heterocycles. The normalized spacial score (nSPS) is 10.8. The van der Waals surface area contributed by atoms with E-state index in [-0.39, 0.29) is 5.56 Å². The van der Waals surface area contributed by atoms with Crippen molar-refractivity contribution < 1.29 is 14.3 Å². The first-order chi connectivity index (χ1) is 11.2. The van der Waals surface area contributed by atoms with E-state index in [0.717, 1.165) is 0 Å². The van der Waals surface area contributed by atoms with Crippen LogP contribution in [0.4, 0.5) is 5.82 Å². The van der Waals surface area contributed by atoms with Gasteiger partial charge in [-0.15, -0.1) is 0 Å².